The Hall–Kier alpha value is -3.67. The molecule has 0 radical (unpaired) electrons. The molecule has 0 saturated heterocycles. The van der Waals surface area contributed by atoms with Crippen LogP contribution >= 0.6 is 0 Å². The Bertz CT molecular complexity index is 1270. The molecule has 1 amide bonds. The Morgan fingerprint density at radius 3 is 2.62 bits per heavy atom. The maximum Gasteiger partial charge on any atom is 0.277 e. The summed E-state index contributed by atoms with van der Waals surface area (Å²) in [6.45, 7) is 0. The van der Waals surface area contributed by atoms with Crippen molar-refractivity contribution in [1.82, 2.24) is 10.1 Å². The monoisotopic (exact) mass is 385 g/mol. The fourth-order valence-electron chi connectivity index (χ4n) is 3.96. The van der Waals surface area contributed by atoms with Crippen molar-refractivity contribution in [3.8, 4) is 11.3 Å². The van der Waals surface area contributed by atoms with Gasteiger partial charge in [0.05, 0.1) is 5.52 Å². The molecule has 4 aromatic rings. The number of nitrogens with zero attached hydrogens (tertiary/aromatic N) is 1. The van der Waals surface area contributed by atoms with Gasteiger partial charge in [0.25, 0.3) is 11.5 Å². The minimum atomic E-state index is -0.365. The van der Waals surface area contributed by atoms with Gasteiger partial charge in [0.15, 0.2) is 11.5 Å². The van der Waals surface area contributed by atoms with Gasteiger partial charge in [-0.1, -0.05) is 41.6 Å². The Labute approximate surface area is 166 Å². The van der Waals surface area contributed by atoms with Gasteiger partial charge in [-0.25, -0.2) is 0 Å². The lowest BCUT2D eigenvalue weighted by Crippen LogP contribution is -2.19. The number of benzene rings is 2. The molecule has 2 aromatic heterocycles. The van der Waals surface area contributed by atoms with Crippen molar-refractivity contribution in [3.05, 3.63) is 81.8 Å². The third kappa shape index (κ3) is 3.23. The number of rotatable bonds is 3. The molecule has 2 aromatic carbocycles. The molecule has 2 N–H and O–H groups in total. The van der Waals surface area contributed by atoms with Gasteiger partial charge >= 0.3 is 0 Å². The first-order valence-corrected chi connectivity index (χ1v) is 9.70. The van der Waals surface area contributed by atoms with E-state index in [1.54, 1.807) is 12.1 Å². The van der Waals surface area contributed by atoms with Gasteiger partial charge in [-0.2, -0.15) is 0 Å². The van der Waals surface area contributed by atoms with E-state index in [1.807, 2.05) is 42.5 Å². The number of aromatic amines is 1. The number of hydrogen-bond acceptors (Lipinski definition) is 4. The van der Waals surface area contributed by atoms with Gasteiger partial charge in [-0.05, 0) is 43.4 Å². The molecule has 144 valence electrons. The van der Waals surface area contributed by atoms with Crippen LogP contribution in [0.1, 0.15) is 34.5 Å². The number of hydrogen-bond donors (Lipinski definition) is 2. The fourth-order valence-corrected chi connectivity index (χ4v) is 3.96. The number of pyridine rings is 1. The zero-order valence-corrected chi connectivity index (χ0v) is 15.7. The van der Waals surface area contributed by atoms with E-state index < -0.39 is 0 Å². The second-order valence-electron chi connectivity index (χ2n) is 7.28. The molecule has 6 heteroatoms. The number of carbonyl (C=O) groups is 1. The van der Waals surface area contributed by atoms with E-state index >= 15 is 0 Å². The van der Waals surface area contributed by atoms with Crippen LogP contribution in [0.4, 0.5) is 5.69 Å². The van der Waals surface area contributed by atoms with E-state index in [0.717, 1.165) is 53.3 Å². The minimum absolute atomic E-state index is 0.0281. The highest BCUT2D eigenvalue weighted by molar-refractivity contribution is 6.04. The summed E-state index contributed by atoms with van der Waals surface area (Å²) in [5, 5.41) is 7.76. The SMILES string of the molecule is O=C(Nc1ccc2c3c(c(=O)[nH]c2c1)CCCC3)c1cc(-c2ccccc2)on1. The Balaban J connectivity index is 1.42. The van der Waals surface area contributed by atoms with E-state index in [0.29, 0.717) is 11.4 Å². The molecular formula is C23H19N3O3. The smallest absolute Gasteiger partial charge is 0.277 e. The van der Waals surface area contributed by atoms with Crippen molar-refractivity contribution in [2.75, 3.05) is 5.32 Å². The standard InChI is InChI=1S/C23H19N3O3/c27-22-18-9-5-4-8-16(18)17-11-10-15(12-19(17)25-22)24-23(28)20-13-21(29-26-20)14-6-2-1-3-7-14/h1-3,6-7,10-13H,4-5,8-9H2,(H,24,28)(H,25,27). The molecule has 0 aliphatic heterocycles. The van der Waals surface area contributed by atoms with Gasteiger partial charge in [-0.3, -0.25) is 9.59 Å². The molecule has 1 aliphatic carbocycles. The average molecular weight is 385 g/mol. The number of carbonyl (C=O) groups excluding carboxylic acids is 1. The number of amides is 1. The number of H-pyrrole nitrogens is 1. The van der Waals surface area contributed by atoms with Crippen molar-refractivity contribution in [3.63, 3.8) is 0 Å². The van der Waals surface area contributed by atoms with Crippen LogP contribution in [0.25, 0.3) is 22.2 Å². The molecule has 1 aliphatic rings. The van der Waals surface area contributed by atoms with E-state index in [2.05, 4.69) is 15.5 Å². The highest BCUT2D eigenvalue weighted by Crippen LogP contribution is 2.27. The van der Waals surface area contributed by atoms with E-state index in [9.17, 15) is 9.59 Å². The Morgan fingerprint density at radius 2 is 1.79 bits per heavy atom. The minimum Gasteiger partial charge on any atom is -0.355 e. The summed E-state index contributed by atoms with van der Waals surface area (Å²) >= 11 is 0. The van der Waals surface area contributed by atoms with Crippen molar-refractivity contribution < 1.29 is 9.32 Å². The third-order valence-corrected chi connectivity index (χ3v) is 5.39. The van der Waals surface area contributed by atoms with Gasteiger partial charge in [0, 0.05) is 28.3 Å². The predicted molar refractivity (Wildman–Crippen MR) is 111 cm³/mol. The van der Waals surface area contributed by atoms with Crippen LogP contribution in [0.3, 0.4) is 0 Å². The Kier molecular flexibility index (Phi) is 4.24. The van der Waals surface area contributed by atoms with Crippen LogP contribution < -0.4 is 10.9 Å². The molecule has 5 rings (SSSR count). The summed E-state index contributed by atoms with van der Waals surface area (Å²) < 4.78 is 5.30. The van der Waals surface area contributed by atoms with Crippen molar-refractivity contribution in [1.29, 1.82) is 0 Å². The largest absolute Gasteiger partial charge is 0.355 e. The maximum atomic E-state index is 12.6. The second-order valence-corrected chi connectivity index (χ2v) is 7.28. The fraction of sp³-hybridized carbons (Fsp3) is 0.174. The first kappa shape index (κ1) is 17.4. The summed E-state index contributed by atoms with van der Waals surface area (Å²) in [5.41, 5.74) is 4.39. The molecule has 0 atom stereocenters. The number of fused-ring (bicyclic) bond motifs is 3. The average Bonchev–Trinajstić information content (AvgIpc) is 3.25. The zero-order valence-electron chi connectivity index (χ0n) is 15.7. The predicted octanol–water partition coefficient (Wildman–Crippen LogP) is 4.31. The van der Waals surface area contributed by atoms with Crippen molar-refractivity contribution >= 4 is 22.5 Å². The normalized spacial score (nSPS) is 13.2. The molecule has 6 nitrogen and oxygen atoms in total. The highest BCUT2D eigenvalue weighted by atomic mass is 16.5. The molecule has 0 spiro atoms. The lowest BCUT2D eigenvalue weighted by molar-refractivity contribution is 0.101. The van der Waals surface area contributed by atoms with Crippen LogP contribution in [0.15, 0.2) is 63.9 Å². The first-order chi connectivity index (χ1) is 14.2. The van der Waals surface area contributed by atoms with Crippen LogP contribution in [0.2, 0.25) is 0 Å². The number of aromatic nitrogens is 2. The van der Waals surface area contributed by atoms with Gasteiger partial charge in [-0.15, -0.1) is 0 Å². The quantitative estimate of drug-likeness (QED) is 0.550. The number of nitrogens with one attached hydrogen (secondary N) is 2. The van der Waals surface area contributed by atoms with Gasteiger partial charge < -0.3 is 14.8 Å². The molecular weight excluding hydrogens is 366 g/mol. The first-order valence-electron chi connectivity index (χ1n) is 9.70. The molecule has 0 bridgehead atoms. The lowest BCUT2D eigenvalue weighted by atomic mass is 9.90. The van der Waals surface area contributed by atoms with Gasteiger partial charge in [0.1, 0.15) is 0 Å². The van der Waals surface area contributed by atoms with Crippen LogP contribution in [0.5, 0.6) is 0 Å². The molecule has 0 unspecified atom stereocenters. The van der Waals surface area contributed by atoms with Gasteiger partial charge in [0.2, 0.25) is 0 Å². The second kappa shape index (κ2) is 7.05. The molecule has 29 heavy (non-hydrogen) atoms. The molecule has 2 heterocycles. The third-order valence-electron chi connectivity index (χ3n) is 5.39. The number of anilines is 1. The summed E-state index contributed by atoms with van der Waals surface area (Å²) in [5.74, 6) is 0.167. The topological polar surface area (TPSA) is 88.0 Å². The van der Waals surface area contributed by atoms with E-state index in [-0.39, 0.29) is 17.2 Å². The molecule has 0 fully saturated rings. The summed E-state index contributed by atoms with van der Waals surface area (Å²) in [6, 6.07) is 16.7. The van der Waals surface area contributed by atoms with E-state index in [4.69, 9.17) is 4.52 Å². The number of aryl methyl sites for hydroxylation is 1. The zero-order chi connectivity index (χ0) is 19.8. The van der Waals surface area contributed by atoms with Crippen LogP contribution in [0, 0.1) is 0 Å². The lowest BCUT2D eigenvalue weighted by Gasteiger charge is -2.17. The van der Waals surface area contributed by atoms with Crippen molar-refractivity contribution in [2.45, 2.75) is 25.7 Å². The Morgan fingerprint density at radius 1 is 1.00 bits per heavy atom. The van der Waals surface area contributed by atoms with E-state index in [1.165, 1.54) is 0 Å². The molecule has 0 saturated carbocycles. The maximum absolute atomic E-state index is 12.6. The van der Waals surface area contributed by atoms with Crippen LogP contribution in [-0.4, -0.2) is 16.0 Å². The highest BCUT2D eigenvalue weighted by Gasteiger charge is 2.18. The summed E-state index contributed by atoms with van der Waals surface area (Å²) in [7, 11) is 0. The summed E-state index contributed by atoms with van der Waals surface area (Å²) in [6.07, 6.45) is 3.90. The van der Waals surface area contributed by atoms with Crippen molar-refractivity contribution in [2.24, 2.45) is 0 Å². The summed E-state index contributed by atoms with van der Waals surface area (Å²) in [4.78, 5) is 27.9. The van der Waals surface area contributed by atoms with Crippen LogP contribution in [-0.2, 0) is 12.8 Å².